The van der Waals surface area contributed by atoms with E-state index in [9.17, 15) is 8.78 Å². The predicted molar refractivity (Wildman–Crippen MR) is 21.6 cm³/mol. The van der Waals surface area contributed by atoms with E-state index in [1.807, 2.05) is 0 Å². The average molecular weight is 106 g/mol. The second-order valence-corrected chi connectivity index (χ2v) is 0.747. The molecule has 0 spiro atoms. The summed E-state index contributed by atoms with van der Waals surface area (Å²) in [7, 11) is 0. The van der Waals surface area contributed by atoms with Crippen LogP contribution >= 0.6 is 0 Å². The molecule has 0 aromatic carbocycles. The Bertz CT molecular complexity index is 79.7. The van der Waals surface area contributed by atoms with Crippen LogP contribution in [0.15, 0.2) is 25.2 Å². The van der Waals surface area contributed by atoms with E-state index in [0.717, 1.165) is 0 Å². The Kier molecular flexibility index (Phi) is 2.92. The van der Waals surface area contributed by atoms with Crippen molar-refractivity contribution in [3.63, 3.8) is 0 Å². The molecule has 0 aromatic heterocycles. The van der Waals surface area contributed by atoms with Crippen LogP contribution in [0.5, 0.6) is 0 Å². The first kappa shape index (κ1) is 6.14. The van der Waals surface area contributed by atoms with Crippen molar-refractivity contribution in [3.8, 4) is 0 Å². The molecule has 0 bridgehead atoms. The standard InChI is InChI=1S/C2H2F2.C2H2O/c1-2(3)4;1-2-3-1/h1H2;1-2H. The van der Waals surface area contributed by atoms with Gasteiger partial charge in [-0.15, -0.1) is 0 Å². The van der Waals surface area contributed by atoms with Gasteiger partial charge in [0.25, 0.3) is 6.08 Å². The highest BCUT2D eigenvalue weighted by Crippen LogP contribution is 1.89. The summed E-state index contributed by atoms with van der Waals surface area (Å²) in [6.07, 6.45) is 1.42. The first-order valence-electron chi connectivity index (χ1n) is 1.54. The van der Waals surface area contributed by atoms with Gasteiger partial charge in [0.15, 0.2) is 0 Å². The Morgan fingerprint density at radius 2 is 1.57 bits per heavy atom. The predicted octanol–water partition coefficient (Wildman–Crippen LogP) is 1.88. The molecule has 0 saturated heterocycles. The first-order valence-corrected chi connectivity index (χ1v) is 1.54. The first-order chi connectivity index (χ1) is 3.23. The quantitative estimate of drug-likeness (QED) is 0.459. The third-order valence-corrected chi connectivity index (χ3v) is 0.136. The zero-order chi connectivity index (χ0) is 5.70. The lowest BCUT2D eigenvalue weighted by atomic mass is 11.2. The molecule has 40 valence electrons. The topological polar surface area (TPSA) is 12.5 Å². The zero-order valence-corrected chi connectivity index (χ0v) is 3.53. The molecule has 1 rings (SSSR count). The van der Waals surface area contributed by atoms with Gasteiger partial charge in [0, 0.05) is 0 Å². The molecule has 0 atom stereocenters. The van der Waals surface area contributed by atoms with Gasteiger partial charge in [0.05, 0.1) is 0 Å². The molecule has 0 amide bonds. The van der Waals surface area contributed by atoms with Crippen LogP contribution in [0.2, 0.25) is 0 Å². The number of rotatable bonds is 0. The van der Waals surface area contributed by atoms with E-state index in [-0.39, 0.29) is 0 Å². The van der Waals surface area contributed by atoms with E-state index in [0.29, 0.717) is 0 Å². The molecule has 0 aromatic rings. The van der Waals surface area contributed by atoms with Crippen molar-refractivity contribution in [1.29, 1.82) is 0 Å². The maximum absolute atomic E-state index is 10.1. The highest BCUT2D eigenvalue weighted by molar-refractivity contribution is 4.76. The molecular formula is C4H4F2O. The van der Waals surface area contributed by atoms with Crippen LogP contribution < -0.4 is 0 Å². The van der Waals surface area contributed by atoms with Gasteiger partial charge in [-0.25, -0.2) is 0 Å². The summed E-state index contributed by atoms with van der Waals surface area (Å²) in [5.74, 6) is 0. The molecule has 1 heterocycles. The molecule has 1 nitrogen and oxygen atoms in total. The molecule has 0 saturated carbocycles. The smallest absolute Gasteiger partial charge is 0.263 e. The van der Waals surface area contributed by atoms with Gasteiger partial charge >= 0.3 is 0 Å². The summed E-state index contributed by atoms with van der Waals surface area (Å²) in [4.78, 5) is 0. The van der Waals surface area contributed by atoms with E-state index in [2.05, 4.69) is 11.3 Å². The average Bonchev–Trinajstić information content (AvgIpc) is 2.02. The lowest BCUT2D eigenvalue weighted by Gasteiger charge is -1.54. The SMILES string of the molecule is C1=CO1.C=C(F)F. The van der Waals surface area contributed by atoms with Crippen molar-refractivity contribution in [2.24, 2.45) is 0 Å². The number of ether oxygens (including phenoxy) is 1. The molecule has 1 aliphatic rings. The largest absolute Gasteiger partial charge is 0.466 e. The third-order valence-electron chi connectivity index (χ3n) is 0.136. The Balaban J connectivity index is 0.000000105. The minimum Gasteiger partial charge on any atom is -0.466 e. The molecule has 0 aliphatic carbocycles. The fourth-order valence-corrected chi connectivity index (χ4v) is 0. The molecule has 7 heavy (non-hydrogen) atoms. The van der Waals surface area contributed by atoms with Crippen LogP contribution in [0.1, 0.15) is 0 Å². The van der Waals surface area contributed by atoms with Gasteiger partial charge in [0.2, 0.25) is 0 Å². The minimum atomic E-state index is -1.83. The lowest BCUT2D eigenvalue weighted by molar-refractivity contribution is 0.426. The van der Waals surface area contributed by atoms with Gasteiger partial charge in [-0.1, -0.05) is 0 Å². The third kappa shape index (κ3) is 2590. The second-order valence-electron chi connectivity index (χ2n) is 0.747. The maximum atomic E-state index is 10.1. The molecule has 0 fully saturated rings. The summed E-state index contributed by atoms with van der Waals surface area (Å²) in [6, 6.07) is 0. The summed E-state index contributed by atoms with van der Waals surface area (Å²) < 4.78 is 24.5. The molecule has 3 heteroatoms. The van der Waals surface area contributed by atoms with Gasteiger partial charge in [-0.2, -0.15) is 8.78 Å². The van der Waals surface area contributed by atoms with E-state index in [1.54, 1.807) is 12.5 Å². The van der Waals surface area contributed by atoms with Crippen LogP contribution in [0, 0.1) is 0 Å². The van der Waals surface area contributed by atoms with E-state index >= 15 is 0 Å². The van der Waals surface area contributed by atoms with E-state index < -0.39 is 6.08 Å². The van der Waals surface area contributed by atoms with Gasteiger partial charge in [0.1, 0.15) is 12.5 Å². The maximum Gasteiger partial charge on any atom is 0.263 e. The van der Waals surface area contributed by atoms with Gasteiger partial charge < -0.3 is 4.74 Å². The lowest BCUT2D eigenvalue weighted by Crippen LogP contribution is -1.33. The molecule has 0 N–H and O–H groups in total. The van der Waals surface area contributed by atoms with Crippen molar-refractivity contribution >= 4 is 0 Å². The summed E-state index contributed by atoms with van der Waals surface area (Å²) in [6.45, 7) is 2.22. The number of hydrogen-bond acceptors (Lipinski definition) is 1. The number of halogens is 2. The van der Waals surface area contributed by atoms with Crippen LogP contribution in [-0.2, 0) is 4.74 Å². The molecule has 0 unspecified atom stereocenters. The van der Waals surface area contributed by atoms with Crippen molar-refractivity contribution in [2.75, 3.05) is 0 Å². The highest BCUT2D eigenvalue weighted by atomic mass is 19.3. The molecule has 1 aliphatic heterocycles. The zero-order valence-electron chi connectivity index (χ0n) is 3.53. The minimum absolute atomic E-state index is 1.62. The summed E-state index contributed by atoms with van der Waals surface area (Å²) in [5, 5.41) is 0. The monoisotopic (exact) mass is 106 g/mol. The Hall–Kier alpha value is -0.860. The van der Waals surface area contributed by atoms with Crippen LogP contribution in [0.25, 0.3) is 0 Å². The summed E-state index contributed by atoms with van der Waals surface area (Å²) >= 11 is 0. The van der Waals surface area contributed by atoms with Gasteiger partial charge in [-0.05, 0) is 6.58 Å². The van der Waals surface area contributed by atoms with E-state index in [1.165, 1.54) is 0 Å². The van der Waals surface area contributed by atoms with E-state index in [4.69, 9.17) is 0 Å². The second kappa shape index (κ2) is 3.33. The Morgan fingerprint density at radius 1 is 1.43 bits per heavy atom. The van der Waals surface area contributed by atoms with Crippen molar-refractivity contribution in [2.45, 2.75) is 0 Å². The van der Waals surface area contributed by atoms with Crippen LogP contribution in [0.4, 0.5) is 8.78 Å². The Morgan fingerprint density at radius 3 is 1.57 bits per heavy atom. The fraction of sp³-hybridized carbons (Fsp3) is 0. The normalized spacial score (nSPS) is 10.6. The van der Waals surface area contributed by atoms with Crippen molar-refractivity contribution in [1.82, 2.24) is 0 Å². The summed E-state index contributed by atoms with van der Waals surface area (Å²) in [5.41, 5.74) is 0. The number of hydrogen-bond donors (Lipinski definition) is 0. The van der Waals surface area contributed by atoms with Crippen LogP contribution in [-0.4, -0.2) is 0 Å². The highest BCUT2D eigenvalue weighted by Gasteiger charge is 1.74. The molecule has 0 radical (unpaired) electrons. The fourth-order valence-electron chi connectivity index (χ4n) is 0. The van der Waals surface area contributed by atoms with Crippen molar-refractivity contribution in [3.05, 3.63) is 25.2 Å². The van der Waals surface area contributed by atoms with Crippen molar-refractivity contribution < 1.29 is 13.5 Å². The van der Waals surface area contributed by atoms with Gasteiger partial charge in [-0.3, -0.25) is 0 Å². The molecular weight excluding hydrogens is 102 g/mol. The van der Waals surface area contributed by atoms with Crippen LogP contribution in [0.3, 0.4) is 0 Å². The Labute approximate surface area is 39.9 Å².